The Morgan fingerprint density at radius 1 is 1.44 bits per heavy atom. The molecule has 4 heteroatoms. The van der Waals surface area contributed by atoms with Gasteiger partial charge >= 0.3 is 0 Å². The van der Waals surface area contributed by atoms with Crippen molar-refractivity contribution < 1.29 is 5.11 Å². The first-order valence-electron chi connectivity index (χ1n) is 5.33. The maximum atomic E-state index is 9.37. The standard InChI is InChI=1S/C12H17BrClNO/c1-8(2)6-15-12(7-16)10-5-9(13)3-4-11(10)14/h3-5,8,12,15-16H,6-7H2,1-2H3. The first kappa shape index (κ1) is 14.0. The lowest BCUT2D eigenvalue weighted by Gasteiger charge is -2.19. The van der Waals surface area contributed by atoms with Crippen LogP contribution in [0.3, 0.4) is 0 Å². The van der Waals surface area contributed by atoms with Crippen LogP contribution in [0.4, 0.5) is 0 Å². The van der Waals surface area contributed by atoms with Crippen LogP contribution in [0.2, 0.25) is 5.02 Å². The summed E-state index contributed by atoms with van der Waals surface area (Å²) in [5.74, 6) is 0.542. The van der Waals surface area contributed by atoms with Crippen molar-refractivity contribution in [2.24, 2.45) is 5.92 Å². The summed E-state index contributed by atoms with van der Waals surface area (Å²) in [7, 11) is 0. The zero-order chi connectivity index (χ0) is 12.1. The minimum absolute atomic E-state index is 0.0445. The first-order valence-corrected chi connectivity index (χ1v) is 6.51. The number of nitrogens with one attached hydrogen (secondary N) is 1. The Hall–Kier alpha value is -0.0900. The Morgan fingerprint density at radius 2 is 2.12 bits per heavy atom. The molecule has 2 nitrogen and oxygen atoms in total. The molecule has 2 N–H and O–H groups in total. The second-order valence-corrected chi connectivity index (χ2v) is 5.53. The van der Waals surface area contributed by atoms with Gasteiger partial charge in [-0.25, -0.2) is 0 Å². The molecule has 0 saturated carbocycles. The van der Waals surface area contributed by atoms with Crippen molar-refractivity contribution >= 4 is 27.5 Å². The van der Waals surface area contributed by atoms with Crippen LogP contribution in [0.25, 0.3) is 0 Å². The minimum atomic E-state index is -0.104. The van der Waals surface area contributed by atoms with Gasteiger partial charge in [0.05, 0.1) is 12.6 Å². The Balaban J connectivity index is 2.81. The molecule has 0 saturated heterocycles. The van der Waals surface area contributed by atoms with Gasteiger partial charge in [-0.15, -0.1) is 0 Å². The lowest BCUT2D eigenvalue weighted by molar-refractivity contribution is 0.241. The summed E-state index contributed by atoms with van der Waals surface area (Å²) in [6.45, 7) is 5.16. The second-order valence-electron chi connectivity index (χ2n) is 4.20. The smallest absolute Gasteiger partial charge is 0.0627 e. The van der Waals surface area contributed by atoms with Crippen LogP contribution in [-0.4, -0.2) is 18.3 Å². The van der Waals surface area contributed by atoms with Crippen molar-refractivity contribution in [3.8, 4) is 0 Å². The predicted molar refractivity (Wildman–Crippen MR) is 71.8 cm³/mol. The number of hydrogen-bond donors (Lipinski definition) is 2. The summed E-state index contributed by atoms with van der Waals surface area (Å²) in [4.78, 5) is 0. The maximum Gasteiger partial charge on any atom is 0.0627 e. The van der Waals surface area contributed by atoms with Gasteiger partial charge in [-0.2, -0.15) is 0 Å². The Labute approximate surface area is 110 Å². The highest BCUT2D eigenvalue weighted by Crippen LogP contribution is 2.26. The molecular weight excluding hydrogens is 289 g/mol. The molecule has 0 aliphatic heterocycles. The van der Waals surface area contributed by atoms with Crippen LogP contribution in [-0.2, 0) is 0 Å². The summed E-state index contributed by atoms with van der Waals surface area (Å²) in [5.41, 5.74) is 0.930. The van der Waals surface area contributed by atoms with E-state index in [1.165, 1.54) is 0 Å². The van der Waals surface area contributed by atoms with Crippen LogP contribution in [0, 0.1) is 5.92 Å². The number of halogens is 2. The van der Waals surface area contributed by atoms with E-state index < -0.39 is 0 Å². The minimum Gasteiger partial charge on any atom is -0.394 e. The summed E-state index contributed by atoms with van der Waals surface area (Å²) < 4.78 is 0.969. The number of rotatable bonds is 5. The molecule has 0 aliphatic rings. The molecule has 1 rings (SSSR count). The van der Waals surface area contributed by atoms with Gasteiger partial charge in [0.2, 0.25) is 0 Å². The van der Waals surface area contributed by atoms with Crippen LogP contribution in [0.15, 0.2) is 22.7 Å². The summed E-state index contributed by atoms with van der Waals surface area (Å²) in [6, 6.07) is 5.56. The topological polar surface area (TPSA) is 32.3 Å². The molecule has 16 heavy (non-hydrogen) atoms. The van der Waals surface area contributed by atoms with Crippen molar-refractivity contribution in [1.82, 2.24) is 5.32 Å². The van der Waals surface area contributed by atoms with Gasteiger partial charge in [0, 0.05) is 9.50 Å². The van der Waals surface area contributed by atoms with Gasteiger partial charge in [-0.1, -0.05) is 41.4 Å². The average Bonchev–Trinajstić information content (AvgIpc) is 2.23. The molecule has 1 aromatic carbocycles. The van der Waals surface area contributed by atoms with E-state index in [4.69, 9.17) is 11.6 Å². The number of hydrogen-bond acceptors (Lipinski definition) is 2. The molecule has 90 valence electrons. The molecule has 0 radical (unpaired) electrons. The zero-order valence-corrected chi connectivity index (χ0v) is 11.8. The highest BCUT2D eigenvalue weighted by molar-refractivity contribution is 9.10. The molecule has 0 amide bonds. The normalized spacial score (nSPS) is 13.1. The van der Waals surface area contributed by atoms with E-state index in [1.807, 2.05) is 18.2 Å². The SMILES string of the molecule is CC(C)CNC(CO)c1cc(Br)ccc1Cl. The van der Waals surface area contributed by atoms with Crippen molar-refractivity contribution in [2.45, 2.75) is 19.9 Å². The van der Waals surface area contributed by atoms with Crippen molar-refractivity contribution in [3.05, 3.63) is 33.3 Å². The lowest BCUT2D eigenvalue weighted by atomic mass is 10.1. The van der Waals surface area contributed by atoms with E-state index in [9.17, 15) is 5.11 Å². The Kier molecular flexibility index (Phi) is 5.76. The fourth-order valence-corrected chi connectivity index (χ4v) is 2.06. The van der Waals surface area contributed by atoms with E-state index in [0.717, 1.165) is 16.6 Å². The van der Waals surface area contributed by atoms with Gasteiger partial charge in [0.25, 0.3) is 0 Å². The monoisotopic (exact) mass is 305 g/mol. The molecule has 1 aromatic rings. The number of benzene rings is 1. The largest absolute Gasteiger partial charge is 0.394 e. The molecule has 0 spiro atoms. The molecule has 0 aromatic heterocycles. The van der Waals surface area contributed by atoms with Gasteiger partial charge < -0.3 is 10.4 Å². The van der Waals surface area contributed by atoms with Crippen molar-refractivity contribution in [2.75, 3.05) is 13.2 Å². The van der Waals surface area contributed by atoms with E-state index in [1.54, 1.807) is 0 Å². The first-order chi connectivity index (χ1) is 7.54. The van der Waals surface area contributed by atoms with Gasteiger partial charge in [0.15, 0.2) is 0 Å². The number of aliphatic hydroxyl groups excluding tert-OH is 1. The molecule has 1 atom stereocenters. The lowest BCUT2D eigenvalue weighted by Crippen LogP contribution is -2.28. The second kappa shape index (κ2) is 6.60. The molecule has 0 heterocycles. The molecule has 0 fully saturated rings. The molecule has 0 bridgehead atoms. The zero-order valence-electron chi connectivity index (χ0n) is 9.50. The van der Waals surface area contributed by atoms with Crippen LogP contribution < -0.4 is 5.32 Å². The average molecular weight is 307 g/mol. The van der Waals surface area contributed by atoms with Gasteiger partial charge in [0.1, 0.15) is 0 Å². The van der Waals surface area contributed by atoms with E-state index >= 15 is 0 Å². The van der Waals surface area contributed by atoms with Crippen molar-refractivity contribution in [1.29, 1.82) is 0 Å². The van der Waals surface area contributed by atoms with Crippen LogP contribution >= 0.6 is 27.5 Å². The van der Waals surface area contributed by atoms with Crippen molar-refractivity contribution in [3.63, 3.8) is 0 Å². The Morgan fingerprint density at radius 3 is 2.69 bits per heavy atom. The summed E-state index contributed by atoms with van der Waals surface area (Å²) in [6.07, 6.45) is 0. The van der Waals surface area contributed by atoms with Crippen LogP contribution in [0.5, 0.6) is 0 Å². The maximum absolute atomic E-state index is 9.37. The summed E-state index contributed by atoms with van der Waals surface area (Å²) in [5, 5.41) is 13.3. The van der Waals surface area contributed by atoms with E-state index in [0.29, 0.717) is 10.9 Å². The van der Waals surface area contributed by atoms with E-state index in [2.05, 4.69) is 35.1 Å². The van der Waals surface area contributed by atoms with Gasteiger partial charge in [-0.05, 0) is 36.2 Å². The third kappa shape index (κ3) is 4.06. The fraction of sp³-hybridized carbons (Fsp3) is 0.500. The highest BCUT2D eigenvalue weighted by atomic mass is 79.9. The molecular formula is C12H17BrClNO. The third-order valence-corrected chi connectivity index (χ3v) is 3.13. The molecule has 0 aliphatic carbocycles. The predicted octanol–water partition coefficient (Wildman–Crippen LogP) is 3.38. The Bertz CT molecular complexity index is 344. The highest BCUT2D eigenvalue weighted by Gasteiger charge is 2.14. The fourth-order valence-electron chi connectivity index (χ4n) is 1.43. The quantitative estimate of drug-likeness (QED) is 0.874. The number of aliphatic hydroxyl groups is 1. The van der Waals surface area contributed by atoms with Gasteiger partial charge in [-0.3, -0.25) is 0 Å². The van der Waals surface area contributed by atoms with E-state index in [-0.39, 0.29) is 12.6 Å². The van der Waals surface area contributed by atoms with Crippen LogP contribution in [0.1, 0.15) is 25.5 Å². The third-order valence-electron chi connectivity index (χ3n) is 2.29. The summed E-state index contributed by atoms with van der Waals surface area (Å²) >= 11 is 9.52. The molecule has 1 unspecified atom stereocenters.